The Balaban J connectivity index is 1.47. The number of thiocarbonyl (C=S) groups is 1. The summed E-state index contributed by atoms with van der Waals surface area (Å²) in [5.74, 6) is 0.174. The molecule has 0 aliphatic heterocycles. The normalized spacial score (nSPS) is 10.3. The Bertz CT molecular complexity index is 1120. The number of rotatable bonds is 11. The first-order valence-electron chi connectivity index (χ1n) is 11.9. The lowest BCUT2D eigenvalue weighted by Gasteiger charge is -2.11. The van der Waals surface area contributed by atoms with E-state index in [0.29, 0.717) is 29.1 Å². The Kier molecular flexibility index (Phi) is 10.3. The maximum absolute atomic E-state index is 12.6. The molecule has 0 aliphatic carbocycles. The van der Waals surface area contributed by atoms with Crippen LogP contribution in [-0.4, -0.2) is 23.5 Å². The third kappa shape index (κ3) is 8.87. The molecule has 0 radical (unpaired) electrons. The zero-order valence-corrected chi connectivity index (χ0v) is 20.7. The van der Waals surface area contributed by atoms with Crippen molar-refractivity contribution in [2.75, 3.05) is 17.2 Å². The molecule has 2 amide bonds. The monoisotopic (exact) mass is 489 g/mol. The number of ether oxygens (including phenoxy) is 1. The lowest BCUT2D eigenvalue weighted by Crippen LogP contribution is -2.34. The Morgan fingerprint density at radius 3 is 2.20 bits per heavy atom. The Labute approximate surface area is 212 Å². The van der Waals surface area contributed by atoms with Gasteiger partial charge in [-0.25, -0.2) is 0 Å². The smallest absolute Gasteiger partial charge is 0.257 e. The van der Waals surface area contributed by atoms with Crippen LogP contribution in [0.5, 0.6) is 5.75 Å². The number of carbonyl (C=O) groups is 2. The molecule has 3 rings (SSSR count). The summed E-state index contributed by atoms with van der Waals surface area (Å²) in [6.07, 6.45) is 5.91. The second kappa shape index (κ2) is 13.9. The quantitative estimate of drug-likeness (QED) is 0.214. The van der Waals surface area contributed by atoms with Gasteiger partial charge in [0, 0.05) is 22.5 Å². The summed E-state index contributed by atoms with van der Waals surface area (Å²) in [5.41, 5.74) is 2.25. The average molecular weight is 490 g/mol. The predicted octanol–water partition coefficient (Wildman–Crippen LogP) is 6.41. The minimum atomic E-state index is -0.327. The second-order valence-electron chi connectivity index (χ2n) is 8.10. The van der Waals surface area contributed by atoms with Gasteiger partial charge in [-0.2, -0.15) is 0 Å². The molecule has 3 aromatic carbocycles. The van der Waals surface area contributed by atoms with E-state index in [2.05, 4.69) is 22.9 Å². The van der Waals surface area contributed by atoms with Gasteiger partial charge in [0.15, 0.2) is 5.11 Å². The molecule has 0 fully saturated rings. The minimum Gasteiger partial charge on any atom is -0.494 e. The van der Waals surface area contributed by atoms with E-state index in [1.165, 1.54) is 25.7 Å². The van der Waals surface area contributed by atoms with E-state index >= 15 is 0 Å². The summed E-state index contributed by atoms with van der Waals surface area (Å²) >= 11 is 5.28. The van der Waals surface area contributed by atoms with E-state index in [9.17, 15) is 9.59 Å². The number of amides is 2. The summed E-state index contributed by atoms with van der Waals surface area (Å²) < 4.78 is 5.75. The Morgan fingerprint density at radius 1 is 0.743 bits per heavy atom. The highest BCUT2D eigenvalue weighted by atomic mass is 32.1. The Hall–Kier alpha value is -3.71. The van der Waals surface area contributed by atoms with Crippen molar-refractivity contribution in [3.63, 3.8) is 0 Å². The molecule has 0 unspecified atom stereocenters. The first-order chi connectivity index (χ1) is 17.0. The Morgan fingerprint density at radius 2 is 1.46 bits per heavy atom. The van der Waals surface area contributed by atoms with Gasteiger partial charge in [0.1, 0.15) is 5.75 Å². The molecule has 0 bridgehead atoms. The van der Waals surface area contributed by atoms with Gasteiger partial charge in [-0.15, -0.1) is 0 Å². The highest BCUT2D eigenvalue weighted by Gasteiger charge is 2.10. The zero-order chi connectivity index (χ0) is 24.9. The van der Waals surface area contributed by atoms with Crippen LogP contribution in [0.2, 0.25) is 0 Å². The number of para-hydroxylation sites is 1. The molecule has 0 spiro atoms. The van der Waals surface area contributed by atoms with Crippen LogP contribution in [0.25, 0.3) is 0 Å². The van der Waals surface area contributed by atoms with Gasteiger partial charge in [0.2, 0.25) is 0 Å². The highest BCUT2D eigenvalue weighted by molar-refractivity contribution is 7.80. The summed E-state index contributed by atoms with van der Waals surface area (Å²) in [5, 5.41) is 8.60. The summed E-state index contributed by atoms with van der Waals surface area (Å²) in [6.45, 7) is 2.87. The van der Waals surface area contributed by atoms with Crippen molar-refractivity contribution in [2.24, 2.45) is 0 Å². The lowest BCUT2D eigenvalue weighted by molar-refractivity contribution is 0.0976. The highest BCUT2D eigenvalue weighted by Crippen LogP contribution is 2.15. The van der Waals surface area contributed by atoms with Gasteiger partial charge < -0.3 is 15.4 Å². The van der Waals surface area contributed by atoms with Gasteiger partial charge in [0.05, 0.1) is 6.61 Å². The molecule has 3 N–H and O–H groups in total. The molecule has 182 valence electrons. The summed E-state index contributed by atoms with van der Waals surface area (Å²) in [6, 6.07) is 23.1. The van der Waals surface area contributed by atoms with Crippen LogP contribution in [0.3, 0.4) is 0 Å². The number of hydrogen-bond donors (Lipinski definition) is 3. The van der Waals surface area contributed by atoms with E-state index in [1.807, 2.05) is 30.3 Å². The first-order valence-corrected chi connectivity index (χ1v) is 12.3. The molecule has 35 heavy (non-hydrogen) atoms. The molecule has 0 saturated carbocycles. The van der Waals surface area contributed by atoms with Crippen LogP contribution in [0, 0.1) is 0 Å². The first kappa shape index (κ1) is 25.9. The van der Waals surface area contributed by atoms with E-state index < -0.39 is 0 Å². The van der Waals surface area contributed by atoms with Crippen molar-refractivity contribution in [1.29, 1.82) is 0 Å². The van der Waals surface area contributed by atoms with Crippen LogP contribution in [-0.2, 0) is 0 Å². The van der Waals surface area contributed by atoms with Crippen molar-refractivity contribution in [2.45, 2.75) is 39.0 Å². The summed E-state index contributed by atoms with van der Waals surface area (Å²) in [4.78, 5) is 25.1. The average Bonchev–Trinajstić information content (AvgIpc) is 2.87. The third-order valence-electron chi connectivity index (χ3n) is 5.27. The number of hydrogen-bond acceptors (Lipinski definition) is 4. The number of nitrogens with one attached hydrogen (secondary N) is 3. The van der Waals surface area contributed by atoms with Crippen molar-refractivity contribution in [1.82, 2.24) is 5.32 Å². The molecule has 7 heteroatoms. The van der Waals surface area contributed by atoms with Crippen molar-refractivity contribution >= 4 is 40.5 Å². The maximum Gasteiger partial charge on any atom is 0.257 e. The molecule has 0 atom stereocenters. The van der Waals surface area contributed by atoms with Crippen molar-refractivity contribution in [3.05, 3.63) is 90.0 Å². The molecule has 0 saturated heterocycles. The lowest BCUT2D eigenvalue weighted by atomic mass is 10.1. The number of anilines is 2. The minimum absolute atomic E-state index is 0.142. The van der Waals surface area contributed by atoms with Gasteiger partial charge in [-0.1, -0.05) is 56.9 Å². The molecule has 0 aliphatic rings. The van der Waals surface area contributed by atoms with Gasteiger partial charge in [0.25, 0.3) is 11.8 Å². The van der Waals surface area contributed by atoms with Gasteiger partial charge in [-0.05, 0) is 73.2 Å². The van der Waals surface area contributed by atoms with E-state index in [-0.39, 0.29) is 16.9 Å². The molecule has 0 heterocycles. The van der Waals surface area contributed by atoms with Crippen LogP contribution in [0.1, 0.15) is 59.7 Å². The van der Waals surface area contributed by atoms with Gasteiger partial charge in [-0.3, -0.25) is 14.9 Å². The molecule has 3 aromatic rings. The molecular weight excluding hydrogens is 458 g/mol. The molecule has 0 aromatic heterocycles. The number of carbonyl (C=O) groups excluding carboxylic acids is 2. The van der Waals surface area contributed by atoms with Crippen molar-refractivity contribution < 1.29 is 14.3 Å². The van der Waals surface area contributed by atoms with E-state index in [4.69, 9.17) is 17.0 Å². The second-order valence-corrected chi connectivity index (χ2v) is 8.50. The van der Waals surface area contributed by atoms with Crippen LogP contribution < -0.4 is 20.7 Å². The third-order valence-corrected chi connectivity index (χ3v) is 5.48. The van der Waals surface area contributed by atoms with Crippen molar-refractivity contribution in [3.8, 4) is 5.75 Å². The zero-order valence-electron chi connectivity index (χ0n) is 19.9. The van der Waals surface area contributed by atoms with E-state index in [0.717, 1.165) is 12.2 Å². The molecule has 6 nitrogen and oxygen atoms in total. The van der Waals surface area contributed by atoms with E-state index in [1.54, 1.807) is 48.5 Å². The summed E-state index contributed by atoms with van der Waals surface area (Å²) in [7, 11) is 0. The predicted molar refractivity (Wildman–Crippen MR) is 145 cm³/mol. The van der Waals surface area contributed by atoms with Crippen LogP contribution in [0.4, 0.5) is 11.4 Å². The van der Waals surface area contributed by atoms with Crippen LogP contribution in [0.15, 0.2) is 78.9 Å². The standard InChI is InChI=1S/C28H31N3O3S/c1-2-3-4-5-9-19-34-25-17-15-21(16-18-25)26(32)31-28(35)30-24-14-10-11-22(20-24)27(33)29-23-12-7-6-8-13-23/h6-8,10-18,20H,2-5,9,19H2,1H3,(H,29,33)(H2,30,31,32,35). The topological polar surface area (TPSA) is 79.5 Å². The fraction of sp³-hybridized carbons (Fsp3) is 0.250. The molecular formula is C28H31N3O3S. The number of unbranched alkanes of at least 4 members (excludes halogenated alkanes) is 4. The SMILES string of the molecule is CCCCCCCOc1ccc(C(=O)NC(=S)Nc2cccc(C(=O)Nc3ccccc3)c2)cc1. The fourth-order valence-electron chi connectivity index (χ4n) is 3.40. The largest absolute Gasteiger partial charge is 0.494 e. The number of benzene rings is 3. The maximum atomic E-state index is 12.6. The van der Waals surface area contributed by atoms with Crippen LogP contribution >= 0.6 is 12.2 Å². The fourth-order valence-corrected chi connectivity index (χ4v) is 3.61. The van der Waals surface area contributed by atoms with Gasteiger partial charge >= 0.3 is 0 Å².